The standard InChI is InChI=1S/C16H18N2O4S/c1-10-8-14(23(17,20)21)9-15(11(10)2)18-16(19)12-4-6-13(22-3)7-5-12/h4-9H,1-3H3,(H,18,19)(H2,17,20,21). The Labute approximate surface area is 135 Å². The summed E-state index contributed by atoms with van der Waals surface area (Å²) >= 11 is 0. The molecular formula is C16H18N2O4S. The topological polar surface area (TPSA) is 98.5 Å². The molecule has 0 aromatic heterocycles. The Morgan fingerprint density at radius 1 is 1.13 bits per heavy atom. The van der Waals surface area contributed by atoms with E-state index in [4.69, 9.17) is 9.88 Å². The van der Waals surface area contributed by atoms with Crippen LogP contribution in [0.5, 0.6) is 5.75 Å². The highest BCUT2D eigenvalue weighted by Gasteiger charge is 2.15. The van der Waals surface area contributed by atoms with Gasteiger partial charge in [-0.25, -0.2) is 13.6 Å². The number of hydrogen-bond donors (Lipinski definition) is 2. The number of primary sulfonamides is 1. The van der Waals surface area contributed by atoms with Crippen LogP contribution in [0.15, 0.2) is 41.3 Å². The van der Waals surface area contributed by atoms with Crippen molar-refractivity contribution in [2.24, 2.45) is 5.14 Å². The third-order valence-electron chi connectivity index (χ3n) is 3.57. The molecule has 0 fully saturated rings. The molecule has 2 rings (SSSR count). The molecule has 122 valence electrons. The van der Waals surface area contributed by atoms with E-state index in [9.17, 15) is 13.2 Å². The van der Waals surface area contributed by atoms with E-state index >= 15 is 0 Å². The monoisotopic (exact) mass is 334 g/mol. The number of anilines is 1. The van der Waals surface area contributed by atoms with Crippen LogP contribution in [0.3, 0.4) is 0 Å². The number of amides is 1. The zero-order chi connectivity index (χ0) is 17.2. The van der Waals surface area contributed by atoms with Crippen molar-refractivity contribution in [3.05, 3.63) is 53.1 Å². The molecule has 7 heteroatoms. The van der Waals surface area contributed by atoms with Gasteiger partial charge in [0.2, 0.25) is 10.0 Å². The van der Waals surface area contributed by atoms with Crippen LogP contribution in [-0.4, -0.2) is 21.4 Å². The predicted octanol–water partition coefficient (Wildman–Crippen LogP) is 2.21. The molecule has 0 aliphatic carbocycles. The third kappa shape index (κ3) is 3.88. The zero-order valence-corrected chi connectivity index (χ0v) is 13.9. The molecule has 0 saturated heterocycles. The van der Waals surface area contributed by atoms with Crippen LogP contribution in [0.4, 0.5) is 5.69 Å². The molecule has 23 heavy (non-hydrogen) atoms. The van der Waals surface area contributed by atoms with Crippen LogP contribution < -0.4 is 15.2 Å². The smallest absolute Gasteiger partial charge is 0.255 e. The van der Waals surface area contributed by atoms with E-state index in [2.05, 4.69) is 5.32 Å². The van der Waals surface area contributed by atoms with E-state index in [1.165, 1.54) is 12.1 Å². The number of methoxy groups -OCH3 is 1. The van der Waals surface area contributed by atoms with Crippen LogP contribution in [0.1, 0.15) is 21.5 Å². The lowest BCUT2D eigenvalue weighted by molar-refractivity contribution is 0.102. The minimum atomic E-state index is -3.84. The van der Waals surface area contributed by atoms with E-state index in [1.54, 1.807) is 45.2 Å². The maximum Gasteiger partial charge on any atom is 0.255 e. The van der Waals surface area contributed by atoms with E-state index in [0.717, 1.165) is 11.1 Å². The lowest BCUT2D eigenvalue weighted by atomic mass is 10.1. The SMILES string of the molecule is COc1ccc(C(=O)Nc2cc(S(N)(=O)=O)cc(C)c2C)cc1. The largest absolute Gasteiger partial charge is 0.497 e. The first-order valence-electron chi connectivity index (χ1n) is 6.82. The van der Waals surface area contributed by atoms with Gasteiger partial charge in [-0.3, -0.25) is 4.79 Å². The molecule has 0 atom stereocenters. The number of carbonyl (C=O) groups is 1. The predicted molar refractivity (Wildman–Crippen MR) is 88.2 cm³/mol. The number of nitrogens with one attached hydrogen (secondary N) is 1. The molecule has 2 aromatic rings. The molecule has 2 aromatic carbocycles. The number of sulfonamides is 1. The second-order valence-electron chi connectivity index (χ2n) is 5.14. The Hall–Kier alpha value is -2.38. The molecule has 0 aliphatic rings. The number of rotatable bonds is 4. The van der Waals surface area contributed by atoms with Crippen molar-refractivity contribution in [1.29, 1.82) is 0 Å². The van der Waals surface area contributed by atoms with E-state index in [1.807, 2.05) is 0 Å². The van der Waals surface area contributed by atoms with Gasteiger partial charge < -0.3 is 10.1 Å². The maximum atomic E-state index is 12.3. The molecule has 1 amide bonds. The first-order chi connectivity index (χ1) is 10.7. The van der Waals surface area contributed by atoms with Crippen molar-refractivity contribution in [2.45, 2.75) is 18.7 Å². The summed E-state index contributed by atoms with van der Waals surface area (Å²) in [4.78, 5) is 12.3. The van der Waals surface area contributed by atoms with Crippen LogP contribution >= 0.6 is 0 Å². The molecule has 0 aliphatic heterocycles. The Morgan fingerprint density at radius 3 is 2.26 bits per heavy atom. The fourth-order valence-electron chi connectivity index (χ4n) is 2.06. The van der Waals surface area contributed by atoms with Gasteiger partial charge in [-0.05, 0) is 61.4 Å². The van der Waals surface area contributed by atoms with E-state index in [-0.39, 0.29) is 10.8 Å². The average molecular weight is 334 g/mol. The highest BCUT2D eigenvalue weighted by Crippen LogP contribution is 2.24. The number of nitrogens with two attached hydrogens (primary N) is 1. The maximum absolute atomic E-state index is 12.3. The molecule has 0 radical (unpaired) electrons. The van der Waals surface area contributed by atoms with Crippen molar-refractivity contribution < 1.29 is 17.9 Å². The summed E-state index contributed by atoms with van der Waals surface area (Å²) < 4.78 is 28.1. The Bertz CT molecular complexity index is 843. The van der Waals surface area contributed by atoms with Crippen molar-refractivity contribution in [1.82, 2.24) is 0 Å². The number of benzene rings is 2. The molecular weight excluding hydrogens is 316 g/mol. The number of hydrogen-bond acceptors (Lipinski definition) is 4. The van der Waals surface area contributed by atoms with Gasteiger partial charge in [-0.15, -0.1) is 0 Å². The van der Waals surface area contributed by atoms with Crippen LogP contribution in [0.2, 0.25) is 0 Å². The fourth-order valence-corrected chi connectivity index (χ4v) is 2.68. The molecule has 3 N–H and O–H groups in total. The van der Waals surface area contributed by atoms with Crippen LogP contribution in [0.25, 0.3) is 0 Å². The summed E-state index contributed by atoms with van der Waals surface area (Å²) in [5, 5.41) is 7.88. The summed E-state index contributed by atoms with van der Waals surface area (Å²) in [5.41, 5.74) is 2.35. The lowest BCUT2D eigenvalue weighted by Crippen LogP contribution is -2.16. The van der Waals surface area contributed by atoms with Crippen molar-refractivity contribution >= 4 is 21.6 Å². The summed E-state index contributed by atoms with van der Waals surface area (Å²) in [6.07, 6.45) is 0. The second kappa shape index (κ2) is 6.39. The number of ether oxygens (including phenoxy) is 1. The van der Waals surface area contributed by atoms with Gasteiger partial charge in [0.25, 0.3) is 5.91 Å². The highest BCUT2D eigenvalue weighted by atomic mass is 32.2. The average Bonchev–Trinajstić information content (AvgIpc) is 2.50. The Kier molecular flexibility index (Phi) is 4.72. The van der Waals surface area contributed by atoms with Gasteiger partial charge in [-0.1, -0.05) is 0 Å². The first kappa shape index (κ1) is 17.0. The molecule has 0 heterocycles. The molecule has 0 bridgehead atoms. The van der Waals surface area contributed by atoms with Gasteiger partial charge in [-0.2, -0.15) is 0 Å². The quantitative estimate of drug-likeness (QED) is 0.895. The van der Waals surface area contributed by atoms with Crippen LogP contribution in [-0.2, 0) is 10.0 Å². The zero-order valence-electron chi connectivity index (χ0n) is 13.1. The Morgan fingerprint density at radius 2 is 1.74 bits per heavy atom. The highest BCUT2D eigenvalue weighted by molar-refractivity contribution is 7.89. The number of aryl methyl sites for hydroxylation is 1. The third-order valence-corrected chi connectivity index (χ3v) is 4.46. The summed E-state index contributed by atoms with van der Waals surface area (Å²) in [5.74, 6) is 0.298. The van der Waals surface area contributed by atoms with Gasteiger partial charge >= 0.3 is 0 Å². The molecule has 0 unspecified atom stereocenters. The Balaban J connectivity index is 2.35. The van der Waals surface area contributed by atoms with Gasteiger partial charge in [0, 0.05) is 11.3 Å². The van der Waals surface area contributed by atoms with E-state index < -0.39 is 10.0 Å². The van der Waals surface area contributed by atoms with Gasteiger partial charge in [0.15, 0.2) is 0 Å². The summed E-state index contributed by atoms with van der Waals surface area (Å²) in [6, 6.07) is 9.44. The van der Waals surface area contributed by atoms with Gasteiger partial charge in [0.1, 0.15) is 5.75 Å². The second-order valence-corrected chi connectivity index (χ2v) is 6.70. The summed E-state index contributed by atoms with van der Waals surface area (Å²) in [7, 11) is -2.30. The minimum absolute atomic E-state index is 0.0365. The minimum Gasteiger partial charge on any atom is -0.497 e. The lowest BCUT2D eigenvalue weighted by Gasteiger charge is -2.13. The van der Waals surface area contributed by atoms with E-state index in [0.29, 0.717) is 17.0 Å². The normalized spacial score (nSPS) is 11.1. The molecule has 0 saturated carbocycles. The van der Waals surface area contributed by atoms with Crippen molar-refractivity contribution in [3.8, 4) is 5.75 Å². The fraction of sp³-hybridized carbons (Fsp3) is 0.188. The molecule has 6 nitrogen and oxygen atoms in total. The first-order valence-corrected chi connectivity index (χ1v) is 8.36. The van der Waals surface area contributed by atoms with Crippen LogP contribution in [0, 0.1) is 13.8 Å². The van der Waals surface area contributed by atoms with Gasteiger partial charge in [0.05, 0.1) is 12.0 Å². The van der Waals surface area contributed by atoms with Crippen molar-refractivity contribution in [3.63, 3.8) is 0 Å². The summed E-state index contributed by atoms with van der Waals surface area (Å²) in [6.45, 7) is 3.55. The molecule has 0 spiro atoms. The number of carbonyl (C=O) groups excluding carboxylic acids is 1. The van der Waals surface area contributed by atoms with Crippen molar-refractivity contribution in [2.75, 3.05) is 12.4 Å².